The number of tetrazole rings is 1. The smallest absolute Gasteiger partial charge is 0.248 e. The Labute approximate surface area is 137 Å². The third-order valence-corrected chi connectivity index (χ3v) is 4.08. The second-order valence-corrected chi connectivity index (χ2v) is 6.23. The molecule has 0 radical (unpaired) electrons. The highest BCUT2D eigenvalue weighted by Crippen LogP contribution is 2.26. The third-order valence-electron chi connectivity index (χ3n) is 3.32. The van der Waals surface area contributed by atoms with Gasteiger partial charge in [-0.1, -0.05) is 38.1 Å². The molecule has 7 nitrogen and oxygen atoms in total. The fourth-order valence-electron chi connectivity index (χ4n) is 2.06. The molecule has 0 spiro atoms. The standard InChI is InChI=1S/C15H16N6OS/c1-10(2)11-3-5-12(6-4-11)13-8-23-15(17-13)18-14(22)7-21-9-16-19-20-21/h3-6,8-10H,7H2,1-2H3,(H,17,18,22). The summed E-state index contributed by atoms with van der Waals surface area (Å²) >= 11 is 1.39. The minimum atomic E-state index is -0.214. The van der Waals surface area contributed by atoms with Crippen molar-refractivity contribution >= 4 is 22.4 Å². The van der Waals surface area contributed by atoms with E-state index in [2.05, 4.69) is 63.9 Å². The summed E-state index contributed by atoms with van der Waals surface area (Å²) in [5.41, 5.74) is 3.17. The first kappa shape index (κ1) is 15.3. The van der Waals surface area contributed by atoms with Gasteiger partial charge in [-0.25, -0.2) is 9.67 Å². The molecule has 2 aromatic heterocycles. The summed E-state index contributed by atoms with van der Waals surface area (Å²) in [4.78, 5) is 16.3. The zero-order valence-electron chi connectivity index (χ0n) is 12.8. The normalized spacial score (nSPS) is 10.9. The van der Waals surface area contributed by atoms with Crippen LogP contribution in [-0.2, 0) is 11.3 Å². The number of anilines is 1. The van der Waals surface area contributed by atoms with Crippen LogP contribution in [0.15, 0.2) is 36.0 Å². The van der Waals surface area contributed by atoms with Crippen molar-refractivity contribution in [2.75, 3.05) is 5.32 Å². The number of hydrogen-bond donors (Lipinski definition) is 1. The minimum absolute atomic E-state index is 0.0605. The van der Waals surface area contributed by atoms with Crippen molar-refractivity contribution in [3.63, 3.8) is 0 Å². The molecule has 3 aromatic rings. The summed E-state index contributed by atoms with van der Waals surface area (Å²) in [6, 6.07) is 8.32. The highest BCUT2D eigenvalue weighted by atomic mass is 32.1. The Bertz CT molecular complexity index is 779. The van der Waals surface area contributed by atoms with E-state index in [1.807, 2.05) is 5.38 Å². The number of aromatic nitrogens is 5. The maximum Gasteiger partial charge on any atom is 0.248 e. The number of benzene rings is 1. The van der Waals surface area contributed by atoms with Crippen LogP contribution in [0.25, 0.3) is 11.3 Å². The van der Waals surface area contributed by atoms with Gasteiger partial charge in [0.25, 0.3) is 0 Å². The Morgan fingerprint density at radius 1 is 1.30 bits per heavy atom. The lowest BCUT2D eigenvalue weighted by molar-refractivity contribution is -0.116. The van der Waals surface area contributed by atoms with Crippen LogP contribution in [0.5, 0.6) is 0 Å². The highest BCUT2D eigenvalue weighted by Gasteiger charge is 2.09. The molecule has 1 aromatic carbocycles. The molecule has 118 valence electrons. The Kier molecular flexibility index (Phi) is 4.42. The van der Waals surface area contributed by atoms with E-state index >= 15 is 0 Å². The average molecular weight is 328 g/mol. The van der Waals surface area contributed by atoms with Crippen molar-refractivity contribution < 1.29 is 4.79 Å². The monoisotopic (exact) mass is 328 g/mol. The molecule has 1 N–H and O–H groups in total. The molecule has 0 atom stereocenters. The molecule has 0 aliphatic rings. The van der Waals surface area contributed by atoms with E-state index in [0.29, 0.717) is 11.0 Å². The second kappa shape index (κ2) is 6.66. The van der Waals surface area contributed by atoms with Gasteiger partial charge in [-0.3, -0.25) is 4.79 Å². The van der Waals surface area contributed by atoms with Gasteiger partial charge in [-0.2, -0.15) is 0 Å². The van der Waals surface area contributed by atoms with Crippen molar-refractivity contribution in [2.45, 2.75) is 26.3 Å². The molecule has 0 saturated heterocycles. The molecule has 0 aliphatic carbocycles. The first-order valence-electron chi connectivity index (χ1n) is 7.18. The molecule has 3 rings (SSSR count). The lowest BCUT2D eigenvalue weighted by Crippen LogP contribution is -2.19. The SMILES string of the molecule is CC(C)c1ccc(-c2csc(NC(=O)Cn3cnnn3)n2)cc1. The van der Waals surface area contributed by atoms with Gasteiger partial charge in [0.15, 0.2) is 5.13 Å². The molecule has 0 bridgehead atoms. The number of thiazole rings is 1. The van der Waals surface area contributed by atoms with Crippen molar-refractivity contribution in [3.05, 3.63) is 41.5 Å². The molecule has 0 fully saturated rings. The van der Waals surface area contributed by atoms with Gasteiger partial charge in [-0.05, 0) is 21.9 Å². The number of nitrogens with one attached hydrogen (secondary N) is 1. The van der Waals surface area contributed by atoms with Crippen molar-refractivity contribution in [2.24, 2.45) is 0 Å². The summed E-state index contributed by atoms with van der Waals surface area (Å²) in [5, 5.41) is 15.9. The number of rotatable bonds is 5. The van der Waals surface area contributed by atoms with Crippen LogP contribution in [0, 0.1) is 0 Å². The van der Waals surface area contributed by atoms with Gasteiger partial charge in [-0.15, -0.1) is 16.4 Å². The summed E-state index contributed by atoms with van der Waals surface area (Å²) in [6.07, 6.45) is 1.39. The molecule has 0 aliphatic heterocycles. The molecule has 23 heavy (non-hydrogen) atoms. The summed E-state index contributed by atoms with van der Waals surface area (Å²) in [6.45, 7) is 4.39. The van der Waals surface area contributed by atoms with Crippen molar-refractivity contribution in [1.29, 1.82) is 0 Å². The number of carbonyl (C=O) groups excluding carboxylic acids is 1. The molecule has 2 heterocycles. The summed E-state index contributed by atoms with van der Waals surface area (Å²) < 4.78 is 1.36. The zero-order valence-corrected chi connectivity index (χ0v) is 13.6. The van der Waals surface area contributed by atoms with Crippen LogP contribution in [0.4, 0.5) is 5.13 Å². The molecule has 1 amide bonds. The van der Waals surface area contributed by atoms with E-state index in [9.17, 15) is 4.79 Å². The number of carbonyl (C=O) groups is 1. The van der Waals surface area contributed by atoms with Gasteiger partial charge < -0.3 is 5.32 Å². The summed E-state index contributed by atoms with van der Waals surface area (Å²) in [7, 11) is 0. The summed E-state index contributed by atoms with van der Waals surface area (Å²) in [5.74, 6) is 0.286. The largest absolute Gasteiger partial charge is 0.300 e. The van der Waals surface area contributed by atoms with Crippen LogP contribution in [0.3, 0.4) is 0 Å². The van der Waals surface area contributed by atoms with Crippen molar-refractivity contribution in [3.8, 4) is 11.3 Å². The Morgan fingerprint density at radius 3 is 2.74 bits per heavy atom. The number of hydrogen-bond acceptors (Lipinski definition) is 6. The van der Waals surface area contributed by atoms with Crippen LogP contribution >= 0.6 is 11.3 Å². The van der Waals surface area contributed by atoms with Gasteiger partial charge in [0, 0.05) is 10.9 Å². The van der Waals surface area contributed by atoms with Gasteiger partial charge >= 0.3 is 0 Å². The van der Waals surface area contributed by atoms with E-state index < -0.39 is 0 Å². The molecule has 8 heteroatoms. The Balaban J connectivity index is 1.66. The van der Waals surface area contributed by atoms with E-state index in [1.165, 1.54) is 27.9 Å². The molecule has 0 saturated carbocycles. The lowest BCUT2D eigenvalue weighted by Gasteiger charge is -2.05. The third kappa shape index (κ3) is 3.78. The maximum atomic E-state index is 11.9. The Morgan fingerprint density at radius 2 is 2.09 bits per heavy atom. The zero-order chi connectivity index (χ0) is 16.2. The van der Waals surface area contributed by atoms with E-state index in [1.54, 1.807) is 0 Å². The molecule has 0 unspecified atom stereocenters. The van der Waals surface area contributed by atoms with Crippen LogP contribution in [0.2, 0.25) is 0 Å². The van der Waals surface area contributed by atoms with Crippen molar-refractivity contribution in [1.82, 2.24) is 25.2 Å². The van der Waals surface area contributed by atoms with Gasteiger partial charge in [0.05, 0.1) is 5.69 Å². The first-order chi connectivity index (χ1) is 11.1. The fourth-order valence-corrected chi connectivity index (χ4v) is 2.80. The van der Waals surface area contributed by atoms with Gasteiger partial charge in [0.1, 0.15) is 12.9 Å². The second-order valence-electron chi connectivity index (χ2n) is 5.37. The van der Waals surface area contributed by atoms with Crippen LogP contribution in [0.1, 0.15) is 25.3 Å². The predicted molar refractivity (Wildman–Crippen MR) is 88.1 cm³/mol. The number of nitrogens with zero attached hydrogens (tertiary/aromatic N) is 5. The van der Waals surface area contributed by atoms with E-state index in [-0.39, 0.29) is 12.5 Å². The first-order valence-corrected chi connectivity index (χ1v) is 8.06. The van der Waals surface area contributed by atoms with E-state index in [0.717, 1.165) is 11.3 Å². The van der Waals surface area contributed by atoms with Crippen LogP contribution in [-0.4, -0.2) is 31.1 Å². The van der Waals surface area contributed by atoms with Crippen LogP contribution < -0.4 is 5.32 Å². The molecular formula is C15H16N6OS. The Hall–Kier alpha value is -2.61. The highest BCUT2D eigenvalue weighted by molar-refractivity contribution is 7.14. The topological polar surface area (TPSA) is 85.6 Å². The lowest BCUT2D eigenvalue weighted by atomic mass is 10.0. The number of amides is 1. The minimum Gasteiger partial charge on any atom is -0.300 e. The quantitative estimate of drug-likeness (QED) is 0.778. The van der Waals surface area contributed by atoms with E-state index in [4.69, 9.17) is 0 Å². The maximum absolute atomic E-state index is 11.9. The fraction of sp³-hybridized carbons (Fsp3) is 0.267. The average Bonchev–Trinajstić information content (AvgIpc) is 3.19. The molecular weight excluding hydrogens is 312 g/mol. The van der Waals surface area contributed by atoms with Gasteiger partial charge in [0.2, 0.25) is 5.91 Å². The predicted octanol–water partition coefficient (Wildman–Crippen LogP) is 2.56.